The minimum absolute atomic E-state index is 0.00103. The zero-order chi connectivity index (χ0) is 23.0. The number of ketones is 1. The average Bonchev–Trinajstić information content (AvgIpc) is 3.00. The molecule has 0 amide bonds. The van der Waals surface area contributed by atoms with Crippen LogP contribution in [-0.2, 0) is 17.3 Å². The van der Waals surface area contributed by atoms with Crippen molar-refractivity contribution in [2.24, 2.45) is 5.92 Å². The SMILES string of the molecule is CC(C)(C)c1cc(C(=O)CN2CCC(Cc3ccccc3)C2=N)cc(C(C)(C)C)c1O. The molecule has 2 aromatic rings. The van der Waals surface area contributed by atoms with E-state index in [1.54, 1.807) is 0 Å². The maximum Gasteiger partial charge on any atom is 0.182 e. The number of Topliss-reactive ketones (excluding diaryl/α,β-unsaturated/α-hetero) is 1. The first kappa shape index (κ1) is 23.1. The van der Waals surface area contributed by atoms with Crippen molar-refractivity contribution in [1.29, 1.82) is 5.41 Å². The molecule has 166 valence electrons. The molecule has 2 aromatic carbocycles. The summed E-state index contributed by atoms with van der Waals surface area (Å²) in [6.07, 6.45) is 1.74. The zero-order valence-corrected chi connectivity index (χ0v) is 19.7. The fourth-order valence-corrected chi connectivity index (χ4v) is 4.29. The van der Waals surface area contributed by atoms with Gasteiger partial charge in [0.05, 0.1) is 12.4 Å². The summed E-state index contributed by atoms with van der Waals surface area (Å²) >= 11 is 0. The fourth-order valence-electron chi connectivity index (χ4n) is 4.29. The van der Waals surface area contributed by atoms with Gasteiger partial charge in [-0.05, 0) is 41.4 Å². The predicted molar refractivity (Wildman–Crippen MR) is 127 cm³/mol. The van der Waals surface area contributed by atoms with E-state index in [9.17, 15) is 9.90 Å². The lowest BCUT2D eigenvalue weighted by Crippen LogP contribution is -2.33. The van der Waals surface area contributed by atoms with Crippen LogP contribution in [0.2, 0.25) is 0 Å². The summed E-state index contributed by atoms with van der Waals surface area (Å²) in [6.45, 7) is 13.2. The van der Waals surface area contributed by atoms with Crippen molar-refractivity contribution < 1.29 is 9.90 Å². The molecule has 0 bridgehead atoms. The summed E-state index contributed by atoms with van der Waals surface area (Å²) < 4.78 is 0. The van der Waals surface area contributed by atoms with Crippen LogP contribution in [0.15, 0.2) is 42.5 Å². The van der Waals surface area contributed by atoms with Crippen LogP contribution < -0.4 is 0 Å². The van der Waals surface area contributed by atoms with Gasteiger partial charge in [0.1, 0.15) is 5.75 Å². The number of hydrogen-bond acceptors (Lipinski definition) is 3. The Labute approximate surface area is 186 Å². The Morgan fingerprint density at radius 2 is 1.58 bits per heavy atom. The van der Waals surface area contributed by atoms with Gasteiger partial charge in [0.25, 0.3) is 0 Å². The van der Waals surface area contributed by atoms with Crippen LogP contribution in [0.5, 0.6) is 5.75 Å². The number of rotatable bonds is 5. The number of phenolic OH excluding ortho intramolecular Hbond substituents is 1. The van der Waals surface area contributed by atoms with Crippen molar-refractivity contribution in [3.05, 3.63) is 64.7 Å². The van der Waals surface area contributed by atoms with Gasteiger partial charge in [0.2, 0.25) is 0 Å². The van der Waals surface area contributed by atoms with Gasteiger partial charge in [-0.1, -0.05) is 71.9 Å². The lowest BCUT2D eigenvalue weighted by molar-refractivity contribution is 0.0965. The van der Waals surface area contributed by atoms with Gasteiger partial charge in [-0.3, -0.25) is 10.2 Å². The molecule has 31 heavy (non-hydrogen) atoms. The third-order valence-corrected chi connectivity index (χ3v) is 6.18. The summed E-state index contributed by atoms with van der Waals surface area (Å²) in [5.41, 5.74) is 2.88. The number of carbonyl (C=O) groups is 1. The lowest BCUT2D eigenvalue weighted by Gasteiger charge is -2.28. The number of likely N-dealkylation sites (tertiary alicyclic amines) is 1. The Morgan fingerprint density at radius 1 is 1.03 bits per heavy atom. The molecule has 2 N–H and O–H groups in total. The molecular weight excluding hydrogens is 384 g/mol. The Morgan fingerprint density at radius 3 is 2.10 bits per heavy atom. The molecule has 1 heterocycles. The number of benzene rings is 2. The number of aromatic hydroxyl groups is 1. The standard InChI is InChI=1S/C27H36N2O2/c1-26(2,3)21-15-20(16-22(24(21)31)27(4,5)6)23(30)17-29-13-12-19(25(29)28)14-18-10-8-7-9-11-18/h7-11,15-16,19,28,31H,12-14,17H2,1-6H3. The monoisotopic (exact) mass is 420 g/mol. The van der Waals surface area contributed by atoms with Crippen LogP contribution in [0.25, 0.3) is 0 Å². The minimum atomic E-state index is -0.276. The Hall–Kier alpha value is -2.62. The van der Waals surface area contributed by atoms with Crippen LogP contribution in [0.4, 0.5) is 0 Å². The Balaban J connectivity index is 1.81. The maximum absolute atomic E-state index is 13.3. The molecule has 4 nitrogen and oxygen atoms in total. The molecule has 1 fully saturated rings. The van der Waals surface area contributed by atoms with Gasteiger partial charge in [-0.15, -0.1) is 0 Å². The molecule has 3 rings (SSSR count). The number of carbonyl (C=O) groups excluding carboxylic acids is 1. The predicted octanol–water partition coefficient (Wildman–Crippen LogP) is 5.71. The summed E-state index contributed by atoms with van der Waals surface area (Å²) in [5.74, 6) is 1.00. The molecule has 0 aliphatic carbocycles. The first-order valence-corrected chi connectivity index (χ1v) is 11.2. The molecule has 1 aliphatic rings. The van der Waals surface area contributed by atoms with Crippen molar-refractivity contribution in [2.75, 3.05) is 13.1 Å². The smallest absolute Gasteiger partial charge is 0.182 e. The van der Waals surface area contributed by atoms with Crippen LogP contribution in [0, 0.1) is 11.3 Å². The lowest BCUT2D eigenvalue weighted by atomic mass is 9.78. The van der Waals surface area contributed by atoms with E-state index in [4.69, 9.17) is 5.41 Å². The highest BCUT2D eigenvalue weighted by atomic mass is 16.3. The van der Waals surface area contributed by atoms with Crippen molar-refractivity contribution in [3.63, 3.8) is 0 Å². The van der Waals surface area contributed by atoms with Gasteiger partial charge in [-0.2, -0.15) is 0 Å². The highest BCUT2D eigenvalue weighted by Gasteiger charge is 2.31. The fraction of sp³-hybridized carbons (Fsp3) is 0.481. The quantitative estimate of drug-likeness (QED) is 0.609. The third kappa shape index (κ3) is 5.17. The van der Waals surface area contributed by atoms with Crippen LogP contribution in [0.3, 0.4) is 0 Å². The molecule has 1 aliphatic heterocycles. The number of hydrogen-bond donors (Lipinski definition) is 2. The topological polar surface area (TPSA) is 64.4 Å². The molecule has 1 atom stereocenters. The minimum Gasteiger partial charge on any atom is -0.507 e. The largest absolute Gasteiger partial charge is 0.507 e. The Kier molecular flexibility index (Phi) is 6.31. The molecular formula is C27H36N2O2. The normalized spacial score (nSPS) is 17.3. The van der Waals surface area contributed by atoms with Gasteiger partial charge in [0, 0.05) is 29.2 Å². The van der Waals surface area contributed by atoms with Crippen molar-refractivity contribution >= 4 is 11.6 Å². The van der Waals surface area contributed by atoms with Crippen molar-refractivity contribution in [1.82, 2.24) is 4.90 Å². The molecule has 0 aromatic heterocycles. The van der Waals surface area contributed by atoms with Gasteiger partial charge in [0.15, 0.2) is 5.78 Å². The molecule has 4 heteroatoms. The van der Waals surface area contributed by atoms with E-state index in [2.05, 4.69) is 12.1 Å². The number of amidine groups is 1. The third-order valence-electron chi connectivity index (χ3n) is 6.18. The average molecular weight is 421 g/mol. The molecule has 0 radical (unpaired) electrons. The second-order valence-electron chi connectivity index (χ2n) is 10.8. The molecule has 0 spiro atoms. The number of nitrogens with zero attached hydrogens (tertiary/aromatic N) is 1. The van der Waals surface area contributed by atoms with E-state index in [0.29, 0.717) is 11.4 Å². The highest BCUT2D eigenvalue weighted by Crippen LogP contribution is 2.40. The number of nitrogens with one attached hydrogen (secondary N) is 1. The summed E-state index contributed by atoms with van der Waals surface area (Å²) in [5, 5.41) is 19.5. The van der Waals surface area contributed by atoms with E-state index in [1.807, 2.05) is 76.8 Å². The first-order chi connectivity index (χ1) is 14.4. The first-order valence-electron chi connectivity index (χ1n) is 11.2. The van der Waals surface area contributed by atoms with Crippen molar-refractivity contribution in [3.8, 4) is 5.75 Å². The highest BCUT2D eigenvalue weighted by molar-refractivity contribution is 6.00. The summed E-state index contributed by atoms with van der Waals surface area (Å²) in [7, 11) is 0. The summed E-state index contributed by atoms with van der Waals surface area (Å²) in [6, 6.07) is 13.9. The zero-order valence-electron chi connectivity index (χ0n) is 19.7. The van der Waals surface area contributed by atoms with E-state index >= 15 is 0 Å². The Bertz CT molecular complexity index is 930. The van der Waals surface area contributed by atoms with E-state index in [-0.39, 0.29) is 34.8 Å². The molecule has 1 unspecified atom stereocenters. The summed E-state index contributed by atoms with van der Waals surface area (Å²) in [4.78, 5) is 15.2. The van der Waals surface area contributed by atoms with Crippen LogP contribution >= 0.6 is 0 Å². The second kappa shape index (κ2) is 8.49. The van der Waals surface area contributed by atoms with Gasteiger partial charge in [-0.25, -0.2) is 0 Å². The van der Waals surface area contributed by atoms with Gasteiger partial charge >= 0.3 is 0 Å². The maximum atomic E-state index is 13.3. The van der Waals surface area contributed by atoms with E-state index in [1.165, 1.54) is 5.56 Å². The van der Waals surface area contributed by atoms with Crippen LogP contribution in [-0.4, -0.2) is 34.7 Å². The van der Waals surface area contributed by atoms with E-state index in [0.717, 1.165) is 30.5 Å². The van der Waals surface area contributed by atoms with E-state index < -0.39 is 0 Å². The van der Waals surface area contributed by atoms with Crippen molar-refractivity contribution in [2.45, 2.75) is 65.2 Å². The van der Waals surface area contributed by atoms with Crippen LogP contribution in [0.1, 0.15) is 75.0 Å². The van der Waals surface area contributed by atoms with Gasteiger partial charge < -0.3 is 10.0 Å². The molecule has 0 saturated carbocycles. The number of phenols is 1. The molecule has 1 saturated heterocycles. The second-order valence-corrected chi connectivity index (χ2v) is 10.8.